The van der Waals surface area contributed by atoms with Gasteiger partial charge in [-0.15, -0.1) is 0 Å². The zero-order chi connectivity index (χ0) is 14.5. The van der Waals surface area contributed by atoms with Gasteiger partial charge in [0.1, 0.15) is 5.82 Å². The number of rotatable bonds is 4. The third-order valence-corrected chi connectivity index (χ3v) is 3.92. The summed E-state index contributed by atoms with van der Waals surface area (Å²) in [4.78, 5) is 2.25. The second kappa shape index (κ2) is 6.83. The summed E-state index contributed by atoms with van der Waals surface area (Å²) in [6, 6.07) is 6.91. The van der Waals surface area contributed by atoms with Gasteiger partial charge in [-0.25, -0.2) is 4.39 Å². The molecule has 2 atom stereocenters. The van der Waals surface area contributed by atoms with E-state index in [4.69, 9.17) is 5.26 Å². The maximum Gasteiger partial charge on any atom is 0.129 e. The van der Waals surface area contributed by atoms with Gasteiger partial charge in [0, 0.05) is 18.2 Å². The molecule has 1 saturated heterocycles. The van der Waals surface area contributed by atoms with Crippen LogP contribution in [0, 0.1) is 17.1 Å². The van der Waals surface area contributed by atoms with Gasteiger partial charge >= 0.3 is 0 Å². The first-order chi connectivity index (χ1) is 9.60. The van der Waals surface area contributed by atoms with Crippen molar-refractivity contribution in [2.45, 2.75) is 51.3 Å². The number of nitrogens with zero attached hydrogens (tertiary/aromatic N) is 2. The van der Waals surface area contributed by atoms with Crippen LogP contribution < -0.4 is 0 Å². The lowest BCUT2D eigenvalue weighted by atomic mass is 9.96. The number of piperidine rings is 1. The smallest absolute Gasteiger partial charge is 0.129 e. The van der Waals surface area contributed by atoms with Crippen LogP contribution in [0.2, 0.25) is 0 Å². The Balaban J connectivity index is 2.08. The van der Waals surface area contributed by atoms with Crippen LogP contribution in [0.1, 0.15) is 43.7 Å². The molecule has 108 valence electrons. The third kappa shape index (κ3) is 3.78. The minimum atomic E-state index is -0.327. The summed E-state index contributed by atoms with van der Waals surface area (Å²) in [5.74, 6) is -0.314. The van der Waals surface area contributed by atoms with Gasteiger partial charge in [0.15, 0.2) is 0 Å². The molecule has 1 aromatic rings. The molecule has 2 unspecified atom stereocenters. The van der Waals surface area contributed by atoms with Gasteiger partial charge in [-0.05, 0) is 44.9 Å². The Kier molecular flexibility index (Phi) is 5.11. The molecule has 1 aliphatic heterocycles. The second-order valence-corrected chi connectivity index (χ2v) is 5.62. The van der Waals surface area contributed by atoms with E-state index in [9.17, 15) is 9.50 Å². The molecule has 1 aromatic carbocycles. The Morgan fingerprint density at radius 2 is 2.30 bits per heavy atom. The van der Waals surface area contributed by atoms with Gasteiger partial charge in [-0.1, -0.05) is 12.5 Å². The molecule has 0 saturated carbocycles. The van der Waals surface area contributed by atoms with Crippen molar-refractivity contribution in [1.29, 1.82) is 5.26 Å². The van der Waals surface area contributed by atoms with E-state index in [1.54, 1.807) is 19.1 Å². The molecule has 0 amide bonds. The highest BCUT2D eigenvalue weighted by atomic mass is 19.1. The Morgan fingerprint density at radius 3 is 2.95 bits per heavy atom. The second-order valence-electron chi connectivity index (χ2n) is 5.62. The number of nitriles is 1. The van der Waals surface area contributed by atoms with Crippen molar-refractivity contribution in [3.05, 3.63) is 35.1 Å². The number of halogens is 1. The molecular formula is C16H21FN2O. The van der Waals surface area contributed by atoms with Crippen molar-refractivity contribution in [2.24, 2.45) is 0 Å². The van der Waals surface area contributed by atoms with E-state index in [0.717, 1.165) is 25.8 Å². The fourth-order valence-corrected chi connectivity index (χ4v) is 2.89. The zero-order valence-corrected chi connectivity index (χ0v) is 11.8. The van der Waals surface area contributed by atoms with Gasteiger partial charge in [0.05, 0.1) is 17.7 Å². The lowest BCUT2D eigenvalue weighted by Crippen LogP contribution is -2.40. The highest BCUT2D eigenvalue weighted by molar-refractivity contribution is 5.32. The standard InChI is InChI=1S/C16H21FN2O/c1-12(20)8-15-4-2-3-7-19(15)11-14-6-5-13(10-18)9-16(14)17/h5-6,9,12,15,20H,2-4,7-8,11H2,1H3. The molecule has 1 N–H and O–H groups in total. The molecule has 3 nitrogen and oxygen atoms in total. The quantitative estimate of drug-likeness (QED) is 0.920. The van der Waals surface area contributed by atoms with E-state index in [1.165, 1.54) is 12.5 Å². The fraction of sp³-hybridized carbons (Fsp3) is 0.562. The Hall–Kier alpha value is -1.44. The molecule has 1 aliphatic rings. The summed E-state index contributed by atoms with van der Waals surface area (Å²) in [6.45, 7) is 3.29. The average Bonchev–Trinajstić information content (AvgIpc) is 2.42. The topological polar surface area (TPSA) is 47.3 Å². The Morgan fingerprint density at radius 1 is 1.50 bits per heavy atom. The first-order valence-corrected chi connectivity index (χ1v) is 7.21. The molecule has 4 heteroatoms. The molecule has 0 radical (unpaired) electrons. The van der Waals surface area contributed by atoms with Crippen LogP contribution in [0.4, 0.5) is 4.39 Å². The summed E-state index contributed by atoms with van der Waals surface area (Å²) in [5, 5.41) is 18.3. The van der Waals surface area contributed by atoms with Crippen molar-refractivity contribution >= 4 is 0 Å². The molecule has 0 aliphatic carbocycles. The number of aliphatic hydroxyl groups excluding tert-OH is 1. The van der Waals surface area contributed by atoms with Crippen LogP contribution in [-0.4, -0.2) is 28.7 Å². The first kappa shape index (κ1) is 15.0. The third-order valence-electron chi connectivity index (χ3n) is 3.92. The highest BCUT2D eigenvalue weighted by Gasteiger charge is 2.24. The molecule has 1 fully saturated rings. The summed E-state index contributed by atoms with van der Waals surface area (Å²) >= 11 is 0. The molecule has 2 rings (SSSR count). The molecule has 0 spiro atoms. The van der Waals surface area contributed by atoms with Crippen molar-refractivity contribution in [1.82, 2.24) is 4.90 Å². The van der Waals surface area contributed by atoms with Crippen LogP contribution in [0.15, 0.2) is 18.2 Å². The molecule has 0 aromatic heterocycles. The van der Waals surface area contributed by atoms with Crippen molar-refractivity contribution in [3.63, 3.8) is 0 Å². The van der Waals surface area contributed by atoms with Crippen molar-refractivity contribution < 1.29 is 9.50 Å². The lowest BCUT2D eigenvalue weighted by molar-refractivity contribution is 0.0810. The predicted molar refractivity (Wildman–Crippen MR) is 75.5 cm³/mol. The Labute approximate surface area is 119 Å². The molecule has 0 bridgehead atoms. The highest BCUT2D eigenvalue weighted by Crippen LogP contribution is 2.24. The van der Waals surface area contributed by atoms with Crippen molar-refractivity contribution in [3.8, 4) is 6.07 Å². The normalized spacial score (nSPS) is 21.4. The fourth-order valence-electron chi connectivity index (χ4n) is 2.89. The van der Waals surface area contributed by atoms with Crippen LogP contribution in [0.5, 0.6) is 0 Å². The predicted octanol–water partition coefficient (Wildman–Crippen LogP) is 2.82. The summed E-state index contributed by atoms with van der Waals surface area (Å²) < 4.78 is 14.0. The van der Waals surface area contributed by atoms with Crippen LogP contribution in [0.25, 0.3) is 0 Å². The van der Waals surface area contributed by atoms with E-state index in [0.29, 0.717) is 23.7 Å². The van der Waals surface area contributed by atoms with E-state index >= 15 is 0 Å². The SMILES string of the molecule is CC(O)CC1CCCCN1Cc1ccc(C#N)cc1F. The number of aliphatic hydroxyl groups is 1. The minimum Gasteiger partial charge on any atom is -0.393 e. The van der Waals surface area contributed by atoms with Gasteiger partial charge in [0.2, 0.25) is 0 Å². The van der Waals surface area contributed by atoms with Crippen LogP contribution >= 0.6 is 0 Å². The Bertz CT molecular complexity index is 496. The number of hydrogen-bond donors (Lipinski definition) is 1. The lowest BCUT2D eigenvalue weighted by Gasteiger charge is -2.36. The van der Waals surface area contributed by atoms with Crippen LogP contribution in [-0.2, 0) is 6.54 Å². The van der Waals surface area contributed by atoms with Gasteiger partial charge < -0.3 is 5.11 Å². The van der Waals surface area contributed by atoms with Gasteiger partial charge in [-0.2, -0.15) is 5.26 Å². The molecule has 20 heavy (non-hydrogen) atoms. The van der Waals surface area contributed by atoms with Gasteiger partial charge in [0.25, 0.3) is 0 Å². The maximum absolute atomic E-state index is 14.0. The molecule has 1 heterocycles. The van der Waals surface area contributed by atoms with E-state index in [1.807, 2.05) is 6.07 Å². The van der Waals surface area contributed by atoms with Crippen molar-refractivity contribution in [2.75, 3.05) is 6.54 Å². The number of hydrogen-bond acceptors (Lipinski definition) is 3. The summed E-state index contributed by atoms with van der Waals surface area (Å²) in [7, 11) is 0. The summed E-state index contributed by atoms with van der Waals surface area (Å²) in [5.41, 5.74) is 0.979. The van der Waals surface area contributed by atoms with Gasteiger partial charge in [-0.3, -0.25) is 4.90 Å². The largest absolute Gasteiger partial charge is 0.393 e. The summed E-state index contributed by atoms with van der Waals surface area (Å²) in [6.07, 6.45) is 3.75. The number of likely N-dealkylation sites (tertiary alicyclic amines) is 1. The van der Waals surface area contributed by atoms with E-state index in [2.05, 4.69) is 4.90 Å². The maximum atomic E-state index is 14.0. The number of benzene rings is 1. The monoisotopic (exact) mass is 276 g/mol. The van der Waals surface area contributed by atoms with E-state index < -0.39 is 0 Å². The zero-order valence-electron chi connectivity index (χ0n) is 11.8. The minimum absolute atomic E-state index is 0.314. The average molecular weight is 276 g/mol. The first-order valence-electron chi connectivity index (χ1n) is 7.21. The molecular weight excluding hydrogens is 255 g/mol. The van der Waals surface area contributed by atoms with Crippen LogP contribution in [0.3, 0.4) is 0 Å². The van der Waals surface area contributed by atoms with E-state index in [-0.39, 0.29) is 11.9 Å².